The van der Waals surface area contributed by atoms with E-state index < -0.39 is 0 Å². The van der Waals surface area contributed by atoms with Crippen LogP contribution in [0.15, 0.2) is 16.6 Å². The summed E-state index contributed by atoms with van der Waals surface area (Å²) in [5, 5.41) is 5.63. The van der Waals surface area contributed by atoms with Crippen molar-refractivity contribution in [3.8, 4) is 0 Å². The molecule has 120 valence electrons. The molecule has 0 spiro atoms. The van der Waals surface area contributed by atoms with Gasteiger partial charge in [-0.25, -0.2) is 9.97 Å². The zero-order valence-corrected chi connectivity index (χ0v) is 15.1. The first-order valence-electron chi connectivity index (χ1n) is 7.79. The highest BCUT2D eigenvalue weighted by Gasteiger charge is 2.21. The number of likely N-dealkylation sites (N-methyl/N-ethyl adjacent to an activating group) is 1. The highest BCUT2D eigenvalue weighted by Crippen LogP contribution is 2.28. The minimum absolute atomic E-state index is 0.773. The van der Waals surface area contributed by atoms with Crippen LogP contribution in [0, 0.1) is 13.8 Å². The van der Waals surface area contributed by atoms with Gasteiger partial charge in [-0.3, -0.25) is 0 Å². The van der Waals surface area contributed by atoms with Crippen LogP contribution in [0.3, 0.4) is 0 Å². The average Bonchev–Trinajstić information content (AvgIpc) is 2.91. The molecule has 0 saturated carbocycles. The molecule has 0 atom stereocenters. The van der Waals surface area contributed by atoms with Crippen LogP contribution in [-0.4, -0.2) is 57.7 Å². The van der Waals surface area contributed by atoms with Gasteiger partial charge in [0.1, 0.15) is 5.82 Å². The van der Waals surface area contributed by atoms with Crippen LogP contribution in [-0.2, 0) is 0 Å². The standard InChI is InChI=1S/C16H19BrN6/c1-10-8-12-14(9-13(10)17)19-16(22-6-4-21(3)5-7-22)23-15(12)18-11(2)20-23/h8-9H,4-7H2,1-3H3. The fourth-order valence-electron chi connectivity index (χ4n) is 3.04. The summed E-state index contributed by atoms with van der Waals surface area (Å²) in [6, 6.07) is 4.21. The normalized spacial score (nSPS) is 16.6. The van der Waals surface area contributed by atoms with E-state index >= 15 is 0 Å². The Labute approximate surface area is 143 Å². The number of hydrogen-bond acceptors (Lipinski definition) is 5. The third-order valence-electron chi connectivity index (χ3n) is 4.43. The molecule has 1 aliphatic heterocycles. The lowest BCUT2D eigenvalue weighted by molar-refractivity contribution is 0.310. The molecule has 1 aliphatic rings. The Hall–Kier alpha value is -1.73. The van der Waals surface area contributed by atoms with E-state index in [1.165, 1.54) is 5.56 Å². The first kappa shape index (κ1) is 14.8. The minimum Gasteiger partial charge on any atom is -0.338 e. The summed E-state index contributed by atoms with van der Waals surface area (Å²) < 4.78 is 2.97. The first-order chi connectivity index (χ1) is 11.0. The molecule has 2 aromatic heterocycles. The molecule has 0 N–H and O–H groups in total. The number of hydrogen-bond donors (Lipinski definition) is 0. The quantitative estimate of drug-likeness (QED) is 0.654. The number of nitrogens with zero attached hydrogens (tertiary/aromatic N) is 6. The summed E-state index contributed by atoms with van der Waals surface area (Å²) in [6.45, 7) is 7.99. The van der Waals surface area contributed by atoms with E-state index in [1.54, 1.807) is 0 Å². The third-order valence-corrected chi connectivity index (χ3v) is 5.28. The van der Waals surface area contributed by atoms with Crippen molar-refractivity contribution in [2.75, 3.05) is 38.1 Å². The molecule has 1 saturated heterocycles. The van der Waals surface area contributed by atoms with Crippen LogP contribution in [0.5, 0.6) is 0 Å². The second kappa shape index (κ2) is 5.42. The fraction of sp³-hybridized carbons (Fsp3) is 0.438. The largest absolute Gasteiger partial charge is 0.338 e. The number of aryl methyl sites for hydroxylation is 2. The van der Waals surface area contributed by atoms with E-state index in [0.717, 1.165) is 59.0 Å². The second-order valence-corrected chi connectivity index (χ2v) is 7.07. The predicted molar refractivity (Wildman–Crippen MR) is 95.2 cm³/mol. The molecule has 6 nitrogen and oxygen atoms in total. The van der Waals surface area contributed by atoms with Gasteiger partial charge >= 0.3 is 0 Å². The van der Waals surface area contributed by atoms with Crippen LogP contribution in [0.2, 0.25) is 0 Å². The van der Waals surface area contributed by atoms with Crippen molar-refractivity contribution in [1.29, 1.82) is 0 Å². The number of aromatic nitrogens is 4. The molecule has 1 fully saturated rings. The van der Waals surface area contributed by atoms with Crippen molar-refractivity contribution >= 4 is 38.4 Å². The van der Waals surface area contributed by atoms with E-state index in [0.29, 0.717) is 0 Å². The molecule has 0 bridgehead atoms. The van der Waals surface area contributed by atoms with Crippen molar-refractivity contribution in [3.05, 3.63) is 28.0 Å². The summed E-state index contributed by atoms with van der Waals surface area (Å²) in [4.78, 5) is 14.2. The molecular weight excluding hydrogens is 356 g/mol. The van der Waals surface area contributed by atoms with Crippen molar-refractivity contribution in [2.45, 2.75) is 13.8 Å². The highest BCUT2D eigenvalue weighted by molar-refractivity contribution is 9.10. The van der Waals surface area contributed by atoms with E-state index in [-0.39, 0.29) is 0 Å². The van der Waals surface area contributed by atoms with Crippen molar-refractivity contribution < 1.29 is 0 Å². The van der Waals surface area contributed by atoms with E-state index in [2.05, 4.69) is 61.9 Å². The molecule has 3 heterocycles. The molecule has 3 aromatic rings. The summed E-state index contributed by atoms with van der Waals surface area (Å²) in [5.41, 5.74) is 3.02. The van der Waals surface area contributed by atoms with Crippen LogP contribution in [0.1, 0.15) is 11.4 Å². The Kier molecular flexibility index (Phi) is 3.50. The Balaban J connectivity index is 1.97. The lowest BCUT2D eigenvalue weighted by Gasteiger charge is -2.33. The van der Waals surface area contributed by atoms with Crippen LogP contribution < -0.4 is 4.90 Å². The number of rotatable bonds is 1. The molecule has 4 rings (SSSR count). The highest BCUT2D eigenvalue weighted by atomic mass is 79.9. The summed E-state index contributed by atoms with van der Waals surface area (Å²) in [7, 11) is 2.15. The van der Waals surface area contributed by atoms with Gasteiger partial charge in [0.05, 0.1) is 5.52 Å². The summed E-state index contributed by atoms with van der Waals surface area (Å²) >= 11 is 3.61. The molecular formula is C16H19BrN6. The number of piperazine rings is 1. The van der Waals surface area contributed by atoms with Gasteiger partial charge < -0.3 is 9.80 Å². The summed E-state index contributed by atoms with van der Waals surface area (Å²) in [5.74, 6) is 1.66. The third kappa shape index (κ3) is 2.48. The Morgan fingerprint density at radius 3 is 2.52 bits per heavy atom. The van der Waals surface area contributed by atoms with Gasteiger partial charge in [-0.05, 0) is 38.6 Å². The van der Waals surface area contributed by atoms with Crippen LogP contribution in [0.25, 0.3) is 16.6 Å². The second-order valence-electron chi connectivity index (χ2n) is 6.22. The molecule has 7 heteroatoms. The van der Waals surface area contributed by atoms with E-state index in [4.69, 9.17) is 4.98 Å². The lowest BCUT2D eigenvalue weighted by Crippen LogP contribution is -2.45. The monoisotopic (exact) mass is 374 g/mol. The SMILES string of the molecule is Cc1nc2c3cc(C)c(Br)cc3nc(N3CCN(C)CC3)n2n1. The summed E-state index contributed by atoms with van der Waals surface area (Å²) in [6.07, 6.45) is 0. The fourth-order valence-corrected chi connectivity index (χ4v) is 3.37. The maximum Gasteiger partial charge on any atom is 0.229 e. The zero-order valence-electron chi connectivity index (χ0n) is 13.5. The van der Waals surface area contributed by atoms with Crippen molar-refractivity contribution in [3.63, 3.8) is 0 Å². The van der Waals surface area contributed by atoms with Gasteiger partial charge in [-0.1, -0.05) is 15.9 Å². The average molecular weight is 375 g/mol. The van der Waals surface area contributed by atoms with Gasteiger partial charge in [-0.15, -0.1) is 5.10 Å². The predicted octanol–water partition coefficient (Wildman–Crippen LogP) is 2.41. The Morgan fingerprint density at radius 1 is 1.04 bits per heavy atom. The first-order valence-corrected chi connectivity index (χ1v) is 8.59. The number of halogens is 1. The van der Waals surface area contributed by atoms with Crippen LogP contribution >= 0.6 is 15.9 Å². The maximum atomic E-state index is 4.91. The number of benzene rings is 1. The molecule has 0 radical (unpaired) electrons. The topological polar surface area (TPSA) is 49.6 Å². The van der Waals surface area contributed by atoms with Gasteiger partial charge in [0.2, 0.25) is 5.95 Å². The van der Waals surface area contributed by atoms with Crippen LogP contribution in [0.4, 0.5) is 5.95 Å². The smallest absolute Gasteiger partial charge is 0.229 e. The molecule has 23 heavy (non-hydrogen) atoms. The Morgan fingerprint density at radius 2 is 1.78 bits per heavy atom. The molecule has 0 amide bonds. The molecule has 0 aliphatic carbocycles. The number of anilines is 1. The molecule has 0 unspecified atom stereocenters. The van der Waals surface area contributed by atoms with Crippen molar-refractivity contribution in [2.24, 2.45) is 0 Å². The van der Waals surface area contributed by atoms with Gasteiger partial charge in [0.25, 0.3) is 0 Å². The Bertz CT molecular complexity index is 895. The lowest BCUT2D eigenvalue weighted by atomic mass is 10.1. The number of fused-ring (bicyclic) bond motifs is 3. The van der Waals surface area contributed by atoms with E-state index in [9.17, 15) is 0 Å². The molecule has 1 aromatic carbocycles. The van der Waals surface area contributed by atoms with Gasteiger partial charge in [0, 0.05) is 36.0 Å². The van der Waals surface area contributed by atoms with Gasteiger partial charge in [0.15, 0.2) is 5.65 Å². The van der Waals surface area contributed by atoms with E-state index in [1.807, 2.05) is 11.4 Å². The zero-order chi connectivity index (χ0) is 16.1. The minimum atomic E-state index is 0.773. The van der Waals surface area contributed by atoms with Crippen molar-refractivity contribution in [1.82, 2.24) is 24.5 Å². The maximum absolute atomic E-state index is 4.91. The van der Waals surface area contributed by atoms with Gasteiger partial charge in [-0.2, -0.15) is 4.52 Å².